The summed E-state index contributed by atoms with van der Waals surface area (Å²) in [5, 5.41) is 3.19. The highest BCUT2D eigenvalue weighted by Crippen LogP contribution is 2.33. The molecule has 0 radical (unpaired) electrons. The van der Waals surface area contributed by atoms with Crippen LogP contribution in [0.3, 0.4) is 0 Å². The van der Waals surface area contributed by atoms with Crippen LogP contribution < -0.4 is 5.32 Å². The number of hydrogen-bond donors (Lipinski definition) is 1. The second-order valence-electron chi connectivity index (χ2n) is 5.22. The SMILES string of the molecule is CO[C@@H]1C=CC[C@@H]2C(=O)N[C@@H]3CCCC[C@H]3N21. The highest BCUT2D eigenvalue weighted by molar-refractivity contribution is 5.83. The van der Waals surface area contributed by atoms with Gasteiger partial charge in [-0.2, -0.15) is 0 Å². The molecular weight excluding hydrogens is 216 g/mol. The standard InChI is InChI=1S/C13H20N2O2/c1-17-12-8-4-7-11-13(16)14-9-5-2-3-6-10(9)15(11)12/h4,8-12H,2-3,5-7H2,1H3,(H,14,16)/t9-,10-,11-,12-/m1/s1. The van der Waals surface area contributed by atoms with E-state index in [1.54, 1.807) is 7.11 Å². The van der Waals surface area contributed by atoms with Crippen LogP contribution in [-0.2, 0) is 9.53 Å². The quantitative estimate of drug-likeness (QED) is 0.691. The van der Waals surface area contributed by atoms with E-state index >= 15 is 0 Å². The Labute approximate surface area is 102 Å². The highest BCUT2D eigenvalue weighted by atomic mass is 16.5. The average Bonchev–Trinajstić information content (AvgIpc) is 2.38. The van der Waals surface area contributed by atoms with Crippen molar-refractivity contribution in [1.29, 1.82) is 0 Å². The lowest BCUT2D eigenvalue weighted by Crippen LogP contribution is -2.69. The number of piperazine rings is 1. The normalized spacial score (nSPS) is 41.6. The van der Waals surface area contributed by atoms with Crippen molar-refractivity contribution in [3.8, 4) is 0 Å². The zero-order valence-corrected chi connectivity index (χ0v) is 10.3. The number of nitrogens with zero attached hydrogens (tertiary/aromatic N) is 1. The molecule has 0 spiro atoms. The maximum Gasteiger partial charge on any atom is 0.238 e. The first-order chi connectivity index (χ1) is 8.31. The third kappa shape index (κ3) is 1.79. The number of fused-ring (bicyclic) bond motifs is 3. The highest BCUT2D eigenvalue weighted by Gasteiger charge is 2.46. The molecule has 1 amide bonds. The Morgan fingerprint density at radius 1 is 1.41 bits per heavy atom. The monoisotopic (exact) mass is 236 g/mol. The second kappa shape index (κ2) is 4.42. The summed E-state index contributed by atoms with van der Waals surface area (Å²) in [5.74, 6) is 0.180. The van der Waals surface area contributed by atoms with Gasteiger partial charge in [-0.15, -0.1) is 0 Å². The van der Waals surface area contributed by atoms with E-state index in [1.807, 2.05) is 0 Å². The Morgan fingerprint density at radius 2 is 2.24 bits per heavy atom. The lowest BCUT2D eigenvalue weighted by Gasteiger charge is -2.51. The Bertz CT molecular complexity index is 342. The molecule has 1 saturated carbocycles. The van der Waals surface area contributed by atoms with Crippen LogP contribution in [0.5, 0.6) is 0 Å². The van der Waals surface area contributed by atoms with E-state index in [0.29, 0.717) is 12.1 Å². The number of methoxy groups -OCH3 is 1. The van der Waals surface area contributed by atoms with Crippen LogP contribution >= 0.6 is 0 Å². The summed E-state index contributed by atoms with van der Waals surface area (Å²) < 4.78 is 5.52. The van der Waals surface area contributed by atoms with Crippen molar-refractivity contribution in [1.82, 2.24) is 10.2 Å². The number of nitrogens with one attached hydrogen (secondary N) is 1. The summed E-state index contributed by atoms with van der Waals surface area (Å²) in [4.78, 5) is 14.4. The van der Waals surface area contributed by atoms with Gasteiger partial charge in [0.15, 0.2) is 0 Å². The summed E-state index contributed by atoms with van der Waals surface area (Å²) in [5.41, 5.74) is 0. The Hall–Kier alpha value is -0.870. The molecule has 1 N–H and O–H groups in total. The molecule has 4 nitrogen and oxygen atoms in total. The molecule has 3 rings (SSSR count). The molecule has 94 valence electrons. The first-order valence-electron chi connectivity index (χ1n) is 6.58. The molecule has 0 aromatic rings. The number of hydrogen-bond acceptors (Lipinski definition) is 3. The predicted octanol–water partition coefficient (Wildman–Crippen LogP) is 1.03. The first-order valence-corrected chi connectivity index (χ1v) is 6.58. The maximum atomic E-state index is 12.1. The number of amides is 1. The van der Waals surface area contributed by atoms with Gasteiger partial charge in [0.1, 0.15) is 6.23 Å². The number of rotatable bonds is 1. The molecule has 0 bridgehead atoms. The summed E-state index contributed by atoms with van der Waals surface area (Å²) in [7, 11) is 1.72. The zero-order valence-electron chi connectivity index (χ0n) is 10.3. The van der Waals surface area contributed by atoms with E-state index in [4.69, 9.17) is 4.74 Å². The van der Waals surface area contributed by atoms with Crippen LogP contribution in [0.4, 0.5) is 0 Å². The molecule has 4 heteroatoms. The molecule has 0 unspecified atom stereocenters. The van der Waals surface area contributed by atoms with Crippen molar-refractivity contribution in [3.05, 3.63) is 12.2 Å². The van der Waals surface area contributed by atoms with Gasteiger partial charge in [-0.25, -0.2) is 0 Å². The number of carbonyl (C=O) groups is 1. The Balaban J connectivity index is 1.90. The average molecular weight is 236 g/mol. The molecule has 3 aliphatic rings. The van der Waals surface area contributed by atoms with Gasteiger partial charge in [0, 0.05) is 19.2 Å². The van der Waals surface area contributed by atoms with Crippen LogP contribution in [0, 0.1) is 0 Å². The summed E-state index contributed by atoms with van der Waals surface area (Å²) in [6.45, 7) is 0. The van der Waals surface area contributed by atoms with Crippen molar-refractivity contribution in [3.63, 3.8) is 0 Å². The van der Waals surface area contributed by atoms with E-state index in [9.17, 15) is 4.79 Å². The minimum atomic E-state index is -0.0238. The lowest BCUT2D eigenvalue weighted by molar-refractivity contribution is -0.147. The van der Waals surface area contributed by atoms with Crippen molar-refractivity contribution >= 4 is 5.91 Å². The summed E-state index contributed by atoms with van der Waals surface area (Å²) in [6, 6.07) is 0.766. The molecule has 17 heavy (non-hydrogen) atoms. The first kappa shape index (κ1) is 11.2. The minimum Gasteiger partial charge on any atom is -0.363 e. The molecular formula is C13H20N2O2. The van der Waals surface area contributed by atoms with Gasteiger partial charge in [-0.05, 0) is 25.3 Å². The van der Waals surface area contributed by atoms with E-state index in [1.165, 1.54) is 19.3 Å². The summed E-state index contributed by atoms with van der Waals surface area (Å²) >= 11 is 0. The number of carbonyl (C=O) groups excluding carboxylic acids is 1. The van der Waals surface area contributed by atoms with Gasteiger partial charge in [-0.1, -0.05) is 18.9 Å². The Kier molecular flexibility index (Phi) is 2.92. The van der Waals surface area contributed by atoms with Gasteiger partial charge in [0.25, 0.3) is 0 Å². The van der Waals surface area contributed by atoms with Crippen LogP contribution in [0.1, 0.15) is 32.1 Å². The fourth-order valence-electron chi connectivity index (χ4n) is 3.50. The molecule has 4 atom stereocenters. The largest absolute Gasteiger partial charge is 0.363 e. The van der Waals surface area contributed by atoms with Gasteiger partial charge in [0.2, 0.25) is 5.91 Å². The van der Waals surface area contributed by atoms with Crippen LogP contribution in [0.15, 0.2) is 12.2 Å². The second-order valence-corrected chi connectivity index (χ2v) is 5.22. The smallest absolute Gasteiger partial charge is 0.238 e. The van der Waals surface area contributed by atoms with Gasteiger partial charge in [-0.3, -0.25) is 9.69 Å². The Morgan fingerprint density at radius 3 is 3.06 bits per heavy atom. The van der Waals surface area contributed by atoms with Crippen molar-refractivity contribution < 1.29 is 9.53 Å². The van der Waals surface area contributed by atoms with E-state index in [0.717, 1.165) is 12.8 Å². The minimum absolute atomic E-state index is 0.0228. The van der Waals surface area contributed by atoms with Crippen molar-refractivity contribution in [2.24, 2.45) is 0 Å². The molecule has 2 fully saturated rings. The number of ether oxygens (including phenoxy) is 1. The third-order valence-electron chi connectivity index (χ3n) is 4.30. The lowest BCUT2D eigenvalue weighted by atomic mass is 9.84. The van der Waals surface area contributed by atoms with Crippen LogP contribution in [0.2, 0.25) is 0 Å². The fraction of sp³-hybridized carbons (Fsp3) is 0.769. The molecule has 0 aromatic carbocycles. The van der Waals surface area contributed by atoms with Gasteiger partial charge in [0.05, 0.1) is 6.04 Å². The van der Waals surface area contributed by atoms with Crippen LogP contribution in [-0.4, -0.2) is 42.3 Å². The van der Waals surface area contributed by atoms with Crippen molar-refractivity contribution in [2.75, 3.05) is 7.11 Å². The summed E-state index contributed by atoms with van der Waals surface area (Å²) in [6.07, 6.45) is 9.72. The maximum absolute atomic E-state index is 12.1. The van der Waals surface area contributed by atoms with Gasteiger partial charge < -0.3 is 10.1 Å². The third-order valence-corrected chi connectivity index (χ3v) is 4.30. The molecule has 0 aromatic heterocycles. The van der Waals surface area contributed by atoms with E-state index in [2.05, 4.69) is 22.4 Å². The molecule has 1 aliphatic carbocycles. The molecule has 2 aliphatic heterocycles. The fourth-order valence-corrected chi connectivity index (χ4v) is 3.50. The molecule has 2 heterocycles. The van der Waals surface area contributed by atoms with E-state index in [-0.39, 0.29) is 18.2 Å². The predicted molar refractivity (Wildman–Crippen MR) is 64.4 cm³/mol. The van der Waals surface area contributed by atoms with Crippen LogP contribution in [0.25, 0.3) is 0 Å². The zero-order chi connectivity index (χ0) is 11.8. The van der Waals surface area contributed by atoms with E-state index < -0.39 is 0 Å². The van der Waals surface area contributed by atoms with Gasteiger partial charge >= 0.3 is 0 Å². The molecule has 1 saturated heterocycles. The topological polar surface area (TPSA) is 41.6 Å². The van der Waals surface area contributed by atoms with Crippen molar-refractivity contribution in [2.45, 2.75) is 56.5 Å².